The van der Waals surface area contributed by atoms with E-state index in [2.05, 4.69) is 17.2 Å². The third-order valence-electron chi connectivity index (χ3n) is 0.862. The molecule has 0 amide bonds. The summed E-state index contributed by atoms with van der Waals surface area (Å²) in [5.41, 5.74) is 1.91. The molecule has 0 bridgehead atoms. The Kier molecular flexibility index (Phi) is 4.95. The van der Waals surface area contributed by atoms with E-state index in [0.717, 1.165) is 9.52 Å². The lowest BCUT2D eigenvalue weighted by molar-refractivity contribution is 0.639. The van der Waals surface area contributed by atoms with Crippen molar-refractivity contribution >= 4 is 9.52 Å². The van der Waals surface area contributed by atoms with Gasteiger partial charge in [0.05, 0.1) is 0 Å². The van der Waals surface area contributed by atoms with Crippen molar-refractivity contribution in [2.24, 2.45) is 0 Å². The summed E-state index contributed by atoms with van der Waals surface area (Å²) in [6, 6.07) is 0. The standard InChI is InChI=1S/C5H12N2Si/c1-4-8-5(6-2)7-3/h4-7H,1H2,2-3H3. The van der Waals surface area contributed by atoms with Gasteiger partial charge >= 0.3 is 0 Å². The zero-order valence-electron chi connectivity index (χ0n) is 5.36. The summed E-state index contributed by atoms with van der Waals surface area (Å²) in [7, 11) is 4.60. The van der Waals surface area contributed by atoms with Crippen molar-refractivity contribution in [1.82, 2.24) is 10.6 Å². The Balaban J connectivity index is 3.20. The lowest BCUT2D eigenvalue weighted by Crippen LogP contribution is -2.42. The molecule has 0 aliphatic rings. The topological polar surface area (TPSA) is 24.1 Å². The third-order valence-corrected chi connectivity index (χ3v) is 2.01. The Labute approximate surface area is 53.2 Å². The zero-order valence-corrected chi connectivity index (χ0v) is 6.36. The van der Waals surface area contributed by atoms with Crippen molar-refractivity contribution in [3.05, 3.63) is 12.3 Å². The Morgan fingerprint density at radius 1 is 1.50 bits per heavy atom. The van der Waals surface area contributed by atoms with Crippen molar-refractivity contribution in [2.75, 3.05) is 14.1 Å². The SMILES string of the molecule is C=C[Si]C(NC)NC. The quantitative estimate of drug-likeness (QED) is 0.396. The molecule has 0 aromatic rings. The van der Waals surface area contributed by atoms with Crippen LogP contribution in [0, 0.1) is 0 Å². The van der Waals surface area contributed by atoms with Crippen molar-refractivity contribution < 1.29 is 0 Å². The van der Waals surface area contributed by atoms with Crippen LogP contribution < -0.4 is 10.6 Å². The van der Waals surface area contributed by atoms with Crippen molar-refractivity contribution in [3.8, 4) is 0 Å². The molecule has 46 valence electrons. The first kappa shape index (κ1) is 7.88. The molecule has 2 radical (unpaired) electrons. The number of rotatable bonds is 4. The lowest BCUT2D eigenvalue weighted by atomic mass is 11.0. The van der Waals surface area contributed by atoms with E-state index in [-0.39, 0.29) is 0 Å². The maximum absolute atomic E-state index is 3.63. The predicted octanol–water partition coefficient (Wildman–Crippen LogP) is -0.444. The highest BCUT2D eigenvalue weighted by Crippen LogP contribution is 1.69. The minimum absolute atomic E-state index is 0.410. The predicted molar refractivity (Wildman–Crippen MR) is 37.9 cm³/mol. The average Bonchev–Trinajstić information content (AvgIpc) is 1.83. The van der Waals surface area contributed by atoms with E-state index in [1.54, 1.807) is 0 Å². The average molecular weight is 128 g/mol. The van der Waals surface area contributed by atoms with Crippen molar-refractivity contribution in [3.63, 3.8) is 0 Å². The summed E-state index contributed by atoms with van der Waals surface area (Å²) < 4.78 is 0. The highest BCUT2D eigenvalue weighted by atomic mass is 28.2. The van der Waals surface area contributed by atoms with E-state index < -0.39 is 0 Å². The molecule has 0 heterocycles. The van der Waals surface area contributed by atoms with E-state index in [1.807, 2.05) is 19.8 Å². The van der Waals surface area contributed by atoms with Crippen molar-refractivity contribution in [1.29, 1.82) is 0 Å². The molecule has 0 aliphatic carbocycles. The molecular weight excluding hydrogens is 116 g/mol. The van der Waals surface area contributed by atoms with Crippen molar-refractivity contribution in [2.45, 2.75) is 5.79 Å². The summed E-state index contributed by atoms with van der Waals surface area (Å²) in [6.45, 7) is 3.63. The van der Waals surface area contributed by atoms with Crippen LogP contribution in [0.1, 0.15) is 0 Å². The Bertz CT molecular complexity index is 61.4. The maximum atomic E-state index is 3.63. The molecule has 0 rings (SSSR count). The molecule has 0 saturated carbocycles. The summed E-state index contributed by atoms with van der Waals surface area (Å²) in [6.07, 6.45) is 0. The molecule has 0 aromatic carbocycles. The Morgan fingerprint density at radius 2 is 2.00 bits per heavy atom. The van der Waals surface area contributed by atoms with Crippen LogP contribution in [0.25, 0.3) is 0 Å². The number of hydrogen-bond acceptors (Lipinski definition) is 2. The minimum atomic E-state index is 0.410. The second-order valence-corrected chi connectivity index (χ2v) is 2.70. The fourth-order valence-electron chi connectivity index (χ4n) is 0.429. The molecular formula is C5H12N2Si. The van der Waals surface area contributed by atoms with Gasteiger partial charge in [-0.25, -0.2) is 0 Å². The van der Waals surface area contributed by atoms with Gasteiger partial charge in [0, 0.05) is 5.79 Å². The number of nitrogens with one attached hydrogen (secondary N) is 2. The first-order valence-corrected chi connectivity index (χ1v) is 3.72. The summed E-state index contributed by atoms with van der Waals surface area (Å²) in [5, 5.41) is 6.17. The fraction of sp³-hybridized carbons (Fsp3) is 0.600. The molecule has 0 aliphatic heterocycles. The highest BCUT2D eigenvalue weighted by molar-refractivity contribution is 6.43. The van der Waals surface area contributed by atoms with Gasteiger partial charge in [0.1, 0.15) is 9.52 Å². The zero-order chi connectivity index (χ0) is 6.41. The molecule has 8 heavy (non-hydrogen) atoms. The monoisotopic (exact) mass is 128 g/mol. The van der Waals surface area contributed by atoms with Crippen LogP contribution in [0.3, 0.4) is 0 Å². The first-order valence-electron chi connectivity index (χ1n) is 2.56. The Morgan fingerprint density at radius 3 is 2.12 bits per heavy atom. The number of hydrogen-bond donors (Lipinski definition) is 2. The van der Waals surface area contributed by atoms with Crippen LogP contribution in [-0.4, -0.2) is 29.4 Å². The summed E-state index contributed by atoms with van der Waals surface area (Å²) in [4.78, 5) is 0. The van der Waals surface area contributed by atoms with Gasteiger partial charge in [-0.15, -0.1) is 12.3 Å². The van der Waals surface area contributed by atoms with E-state index in [1.165, 1.54) is 0 Å². The third kappa shape index (κ3) is 2.96. The van der Waals surface area contributed by atoms with Gasteiger partial charge in [0.15, 0.2) is 0 Å². The van der Waals surface area contributed by atoms with Crippen LogP contribution in [-0.2, 0) is 0 Å². The van der Waals surface area contributed by atoms with Crippen LogP contribution in [0.5, 0.6) is 0 Å². The molecule has 0 saturated heterocycles. The van der Waals surface area contributed by atoms with Gasteiger partial charge in [0.25, 0.3) is 0 Å². The molecule has 0 fully saturated rings. The van der Waals surface area contributed by atoms with E-state index in [4.69, 9.17) is 0 Å². The molecule has 0 unspecified atom stereocenters. The smallest absolute Gasteiger partial charge is 0.112 e. The van der Waals surface area contributed by atoms with Gasteiger partial charge in [-0.2, -0.15) is 0 Å². The molecule has 0 aromatic heterocycles. The molecule has 3 heteroatoms. The maximum Gasteiger partial charge on any atom is 0.112 e. The summed E-state index contributed by atoms with van der Waals surface area (Å²) in [5.74, 6) is 0.410. The highest BCUT2D eigenvalue weighted by Gasteiger charge is 1.96. The van der Waals surface area contributed by atoms with Gasteiger partial charge in [-0.05, 0) is 14.1 Å². The lowest BCUT2D eigenvalue weighted by Gasteiger charge is -2.09. The Hall–Kier alpha value is -0.123. The fourth-order valence-corrected chi connectivity index (χ4v) is 0.998. The normalized spacial score (nSPS) is 9.88. The second kappa shape index (κ2) is 5.02. The molecule has 0 spiro atoms. The van der Waals surface area contributed by atoms with Gasteiger partial charge in [-0.1, -0.05) is 0 Å². The van der Waals surface area contributed by atoms with Gasteiger partial charge in [0.2, 0.25) is 0 Å². The van der Waals surface area contributed by atoms with Crippen LogP contribution in [0.2, 0.25) is 0 Å². The van der Waals surface area contributed by atoms with Crippen LogP contribution in [0.4, 0.5) is 0 Å². The largest absolute Gasteiger partial charge is 0.308 e. The van der Waals surface area contributed by atoms with Gasteiger partial charge in [-0.3, -0.25) is 0 Å². The molecule has 2 nitrogen and oxygen atoms in total. The van der Waals surface area contributed by atoms with E-state index >= 15 is 0 Å². The summed E-state index contributed by atoms with van der Waals surface area (Å²) >= 11 is 0. The van der Waals surface area contributed by atoms with Crippen LogP contribution >= 0.6 is 0 Å². The van der Waals surface area contributed by atoms with Gasteiger partial charge < -0.3 is 10.6 Å². The first-order chi connectivity index (χ1) is 3.85. The van der Waals surface area contributed by atoms with Crippen LogP contribution in [0.15, 0.2) is 12.3 Å². The van der Waals surface area contributed by atoms with E-state index in [9.17, 15) is 0 Å². The van der Waals surface area contributed by atoms with E-state index in [0.29, 0.717) is 5.79 Å². The molecule has 2 N–H and O–H groups in total. The second-order valence-electron chi connectivity index (χ2n) is 1.38. The molecule has 0 atom stereocenters. The minimum Gasteiger partial charge on any atom is -0.308 e.